The lowest BCUT2D eigenvalue weighted by atomic mass is 10.1. The van der Waals surface area contributed by atoms with Crippen LogP contribution in [-0.2, 0) is 11.0 Å². The minimum atomic E-state index is -2.47. The van der Waals surface area contributed by atoms with Crippen LogP contribution in [0.5, 0.6) is 5.75 Å². The molecule has 6 nitrogen and oxygen atoms in total. The summed E-state index contributed by atoms with van der Waals surface area (Å²) >= 11 is 9.87. The van der Waals surface area contributed by atoms with E-state index in [4.69, 9.17) is 16.3 Å². The van der Waals surface area contributed by atoms with E-state index < -0.39 is 7.14 Å². The summed E-state index contributed by atoms with van der Waals surface area (Å²) in [7, 11) is -2.47. The number of hydrogen-bond donors (Lipinski definition) is 2. The fraction of sp³-hybridized carbons (Fsp3) is 0.200. The molecule has 0 atom stereocenters. The fourth-order valence-corrected chi connectivity index (χ4v) is 4.97. The van der Waals surface area contributed by atoms with Crippen molar-refractivity contribution in [2.24, 2.45) is 0 Å². The Morgan fingerprint density at radius 2 is 1.93 bits per heavy atom. The zero-order valence-corrected chi connectivity index (χ0v) is 19.1. The van der Waals surface area contributed by atoms with Gasteiger partial charge in [-0.05, 0) is 37.6 Å². The molecule has 0 radical (unpaired) electrons. The van der Waals surface area contributed by atoms with Crippen LogP contribution in [0.4, 0.5) is 23.1 Å². The molecule has 0 amide bonds. The van der Waals surface area contributed by atoms with E-state index in [1.54, 1.807) is 13.3 Å². The van der Waals surface area contributed by atoms with Crippen molar-refractivity contribution in [3.05, 3.63) is 57.7 Å². The smallest absolute Gasteiger partial charge is 0.229 e. The van der Waals surface area contributed by atoms with Crippen LogP contribution in [0.25, 0.3) is 0 Å². The Bertz CT molecular complexity index is 1140. The van der Waals surface area contributed by atoms with Gasteiger partial charge in [0.05, 0.1) is 24.2 Å². The van der Waals surface area contributed by atoms with Crippen molar-refractivity contribution < 1.29 is 9.30 Å². The van der Waals surface area contributed by atoms with Crippen molar-refractivity contribution in [2.75, 3.05) is 30.6 Å². The highest BCUT2D eigenvalue weighted by atomic mass is 79.9. The number of fused-ring (bicyclic) bond motifs is 1. The molecule has 150 valence electrons. The number of aromatic nitrogens is 2. The minimum absolute atomic E-state index is 0.365. The number of nitrogens with one attached hydrogen (secondary N) is 2. The molecule has 0 saturated heterocycles. The van der Waals surface area contributed by atoms with Crippen LogP contribution in [0.1, 0.15) is 5.56 Å². The van der Waals surface area contributed by atoms with Crippen LogP contribution >= 0.6 is 34.7 Å². The highest BCUT2D eigenvalue weighted by Crippen LogP contribution is 2.40. The molecule has 0 bridgehead atoms. The van der Waals surface area contributed by atoms with Crippen LogP contribution in [0.2, 0.25) is 5.02 Å². The number of para-hydroxylation sites is 1. The van der Waals surface area contributed by atoms with E-state index in [1.807, 2.05) is 36.4 Å². The predicted octanol–water partition coefficient (Wildman–Crippen LogP) is 5.56. The molecule has 2 aromatic carbocycles. The van der Waals surface area contributed by atoms with Crippen LogP contribution in [0.15, 0.2) is 47.1 Å². The summed E-state index contributed by atoms with van der Waals surface area (Å²) in [4.78, 5) is 8.79. The van der Waals surface area contributed by atoms with Gasteiger partial charge in [-0.15, -0.1) is 0 Å². The molecule has 0 fully saturated rings. The van der Waals surface area contributed by atoms with Gasteiger partial charge in [-0.25, -0.2) is 4.98 Å². The van der Waals surface area contributed by atoms with Crippen molar-refractivity contribution >= 4 is 63.1 Å². The summed E-state index contributed by atoms with van der Waals surface area (Å²) in [6.45, 7) is 4.11. The fourth-order valence-electron chi connectivity index (χ4n) is 3.17. The third-order valence-corrected chi connectivity index (χ3v) is 7.10. The zero-order chi connectivity index (χ0) is 20.6. The van der Waals surface area contributed by atoms with E-state index in [1.165, 1.54) is 6.20 Å². The average molecular weight is 494 g/mol. The van der Waals surface area contributed by atoms with Crippen molar-refractivity contribution in [1.29, 1.82) is 0 Å². The van der Waals surface area contributed by atoms with E-state index >= 15 is 0 Å². The molecular formula is C20H19BrClN4O2P. The van der Waals surface area contributed by atoms with Crippen molar-refractivity contribution in [3.8, 4) is 5.75 Å². The van der Waals surface area contributed by atoms with E-state index in [-0.39, 0.29) is 0 Å². The molecule has 9 heteroatoms. The second kappa shape index (κ2) is 7.98. The third-order valence-electron chi connectivity index (χ3n) is 4.53. The molecule has 0 aliphatic carbocycles. The largest absolute Gasteiger partial charge is 0.491 e. The Hall–Kier alpha value is -2.08. The Balaban J connectivity index is 1.65. The lowest BCUT2D eigenvalue weighted by Gasteiger charge is -2.16. The zero-order valence-electron chi connectivity index (χ0n) is 15.9. The molecule has 4 rings (SSSR count). The highest BCUT2D eigenvalue weighted by molar-refractivity contribution is 9.10. The Morgan fingerprint density at radius 3 is 2.72 bits per heavy atom. The number of halogens is 2. The van der Waals surface area contributed by atoms with Gasteiger partial charge in [0.15, 0.2) is 5.82 Å². The summed E-state index contributed by atoms with van der Waals surface area (Å²) in [5, 5.41) is 7.51. The molecule has 3 aromatic rings. The second-order valence-corrected chi connectivity index (χ2v) is 11.5. The maximum Gasteiger partial charge on any atom is 0.229 e. The predicted molar refractivity (Wildman–Crippen MR) is 122 cm³/mol. The Labute approximate surface area is 182 Å². The van der Waals surface area contributed by atoms with Crippen molar-refractivity contribution in [2.45, 2.75) is 6.42 Å². The maximum absolute atomic E-state index is 12.6. The van der Waals surface area contributed by atoms with Gasteiger partial charge in [0.1, 0.15) is 17.9 Å². The van der Waals surface area contributed by atoms with Crippen LogP contribution in [-0.4, -0.2) is 29.9 Å². The summed E-state index contributed by atoms with van der Waals surface area (Å²) in [5.41, 5.74) is 2.62. The van der Waals surface area contributed by atoms with Gasteiger partial charge in [0, 0.05) is 21.8 Å². The Morgan fingerprint density at radius 1 is 1.14 bits per heavy atom. The summed E-state index contributed by atoms with van der Waals surface area (Å²) < 4.78 is 19.4. The quantitative estimate of drug-likeness (QED) is 0.453. The van der Waals surface area contributed by atoms with Gasteiger partial charge in [-0.2, -0.15) is 4.98 Å². The lowest BCUT2D eigenvalue weighted by molar-refractivity contribution is 0.358. The first kappa shape index (κ1) is 20.2. The molecule has 1 aromatic heterocycles. The first-order valence-corrected chi connectivity index (χ1v) is 12.8. The van der Waals surface area contributed by atoms with E-state index in [9.17, 15) is 4.57 Å². The van der Waals surface area contributed by atoms with Crippen molar-refractivity contribution in [1.82, 2.24) is 9.97 Å². The third kappa shape index (κ3) is 4.27. The summed E-state index contributed by atoms with van der Waals surface area (Å²) in [5.74, 6) is 1.61. The maximum atomic E-state index is 12.6. The number of benzene rings is 2. The number of nitrogens with zero attached hydrogens (tertiary/aromatic N) is 2. The number of ether oxygens (including phenoxy) is 1. The van der Waals surface area contributed by atoms with Gasteiger partial charge in [0.25, 0.3) is 0 Å². The van der Waals surface area contributed by atoms with Crippen LogP contribution in [0.3, 0.4) is 0 Å². The molecule has 2 N–H and O–H groups in total. The first-order chi connectivity index (χ1) is 13.8. The van der Waals surface area contributed by atoms with E-state index in [0.29, 0.717) is 29.1 Å². The first-order valence-electron chi connectivity index (χ1n) is 8.98. The molecule has 29 heavy (non-hydrogen) atoms. The van der Waals surface area contributed by atoms with Crippen molar-refractivity contribution in [3.63, 3.8) is 0 Å². The topological polar surface area (TPSA) is 76.1 Å². The van der Waals surface area contributed by atoms with Gasteiger partial charge in [-0.1, -0.05) is 39.7 Å². The Kier molecular flexibility index (Phi) is 5.56. The molecule has 2 heterocycles. The normalized spacial score (nSPS) is 13.0. The van der Waals surface area contributed by atoms with E-state index in [0.717, 1.165) is 33.2 Å². The molecule has 0 saturated carbocycles. The number of hydrogen-bond acceptors (Lipinski definition) is 6. The molecule has 0 spiro atoms. The van der Waals surface area contributed by atoms with Crippen LogP contribution in [0, 0.1) is 0 Å². The molecule has 1 aliphatic rings. The summed E-state index contributed by atoms with van der Waals surface area (Å²) in [6.07, 6.45) is 2.38. The van der Waals surface area contributed by atoms with Gasteiger partial charge in [-0.3, -0.25) is 0 Å². The second-order valence-electron chi connectivity index (χ2n) is 7.01. The molecule has 1 aliphatic heterocycles. The standard InChI is InChI=1S/C20H19BrClN4O2P/c1-29(2,27)17-6-4-3-5-15(17)24-19-14(22)11-23-20(26-19)25-16-8-7-13(21)12-9-10-28-18(12)16/h3-8,11H,9-10H2,1-2H3,(H2,23,24,25,26). The molecule has 0 unspecified atom stereocenters. The van der Waals surface area contributed by atoms with Gasteiger partial charge in [0.2, 0.25) is 5.95 Å². The van der Waals surface area contributed by atoms with Gasteiger partial charge < -0.3 is 19.9 Å². The molecular weight excluding hydrogens is 475 g/mol. The minimum Gasteiger partial charge on any atom is -0.491 e. The monoisotopic (exact) mass is 492 g/mol. The summed E-state index contributed by atoms with van der Waals surface area (Å²) in [6, 6.07) is 11.3. The number of anilines is 4. The SMILES string of the molecule is CP(C)(=O)c1ccccc1Nc1nc(Nc2ccc(Br)c3c2OCC3)ncc1Cl. The van der Waals surface area contributed by atoms with Gasteiger partial charge >= 0.3 is 0 Å². The average Bonchev–Trinajstić information content (AvgIpc) is 3.17. The highest BCUT2D eigenvalue weighted by Gasteiger charge is 2.21. The van der Waals surface area contributed by atoms with E-state index in [2.05, 4.69) is 36.5 Å². The van der Waals surface area contributed by atoms with Crippen LogP contribution < -0.4 is 20.7 Å². The lowest BCUT2D eigenvalue weighted by Crippen LogP contribution is -2.11. The number of rotatable bonds is 5.